The zero-order chi connectivity index (χ0) is 22.6. The van der Waals surface area contributed by atoms with Crippen LogP contribution in [0, 0.1) is 6.92 Å². The van der Waals surface area contributed by atoms with Gasteiger partial charge in [0.2, 0.25) is 5.43 Å². The molecule has 1 aromatic heterocycles. The minimum atomic E-state index is -4.61. The average Bonchev–Trinajstić information content (AvgIpc) is 2.72. The smallest absolute Gasteiger partial charge is 0.348 e. The van der Waals surface area contributed by atoms with E-state index in [2.05, 4.69) is 10.4 Å². The van der Waals surface area contributed by atoms with E-state index in [1.807, 2.05) is 30.3 Å². The largest absolute Gasteiger partial charge is 0.418 e. The van der Waals surface area contributed by atoms with Gasteiger partial charge in [-0.15, -0.1) is 0 Å². The van der Waals surface area contributed by atoms with Gasteiger partial charge in [0.15, 0.2) is 5.69 Å². The van der Waals surface area contributed by atoms with Gasteiger partial charge in [-0.25, -0.2) is 4.68 Å². The number of hydrogen-bond donors (Lipinski definition) is 1. The maximum atomic E-state index is 13.4. The number of hydrogen-bond acceptors (Lipinski definition) is 3. The van der Waals surface area contributed by atoms with Crippen molar-refractivity contribution in [2.75, 3.05) is 0 Å². The van der Waals surface area contributed by atoms with E-state index < -0.39 is 28.8 Å². The third-order valence-corrected chi connectivity index (χ3v) is 4.85. The number of aromatic nitrogens is 2. The molecule has 1 N–H and O–H groups in total. The molecule has 31 heavy (non-hydrogen) atoms. The topological polar surface area (TPSA) is 64.0 Å². The first kappa shape index (κ1) is 22.3. The standard InChI is InChI=1S/C23H22F3N3O2/c1-15(12-13-17-8-4-3-5-9-17)27-22(31)21-20(30)14-16(2)29(28-21)19-11-7-6-10-18(19)23(24,25)26/h3-11,14-15H,12-13H2,1-2H3,(H,27,31). The van der Waals surface area contributed by atoms with Crippen LogP contribution in [0.4, 0.5) is 13.2 Å². The van der Waals surface area contributed by atoms with Gasteiger partial charge in [0.25, 0.3) is 5.91 Å². The van der Waals surface area contributed by atoms with Gasteiger partial charge < -0.3 is 5.32 Å². The Balaban J connectivity index is 1.85. The van der Waals surface area contributed by atoms with Crippen LogP contribution in [-0.2, 0) is 12.6 Å². The summed E-state index contributed by atoms with van der Waals surface area (Å²) in [5.41, 5.74) is -0.950. The van der Waals surface area contributed by atoms with Crippen LogP contribution in [0.25, 0.3) is 5.69 Å². The number of alkyl halides is 3. The molecular weight excluding hydrogens is 407 g/mol. The molecule has 0 aliphatic heterocycles. The Bertz CT molecular complexity index is 1120. The number of amides is 1. The molecule has 162 valence electrons. The second-order valence-electron chi connectivity index (χ2n) is 7.32. The van der Waals surface area contributed by atoms with Gasteiger partial charge in [-0.1, -0.05) is 42.5 Å². The Morgan fingerprint density at radius 3 is 2.42 bits per heavy atom. The van der Waals surface area contributed by atoms with Gasteiger partial charge >= 0.3 is 6.18 Å². The van der Waals surface area contributed by atoms with Crippen LogP contribution in [0.15, 0.2) is 65.5 Å². The maximum Gasteiger partial charge on any atom is 0.418 e. The molecule has 1 amide bonds. The van der Waals surface area contributed by atoms with Crippen LogP contribution >= 0.6 is 0 Å². The predicted octanol–water partition coefficient (Wildman–Crippen LogP) is 4.31. The number of aryl methyl sites for hydroxylation is 2. The number of nitrogens with one attached hydrogen (secondary N) is 1. The molecule has 2 aromatic carbocycles. The fraction of sp³-hybridized carbons (Fsp3) is 0.261. The Morgan fingerprint density at radius 1 is 1.10 bits per heavy atom. The summed E-state index contributed by atoms with van der Waals surface area (Å²) >= 11 is 0. The summed E-state index contributed by atoms with van der Waals surface area (Å²) in [7, 11) is 0. The van der Waals surface area contributed by atoms with Gasteiger partial charge in [0.1, 0.15) is 0 Å². The average molecular weight is 429 g/mol. The molecule has 0 aliphatic rings. The van der Waals surface area contributed by atoms with Gasteiger partial charge in [0.05, 0.1) is 11.3 Å². The number of halogens is 3. The summed E-state index contributed by atoms with van der Waals surface area (Å²) < 4.78 is 41.2. The lowest BCUT2D eigenvalue weighted by atomic mass is 10.1. The second kappa shape index (κ2) is 9.16. The monoisotopic (exact) mass is 429 g/mol. The quantitative estimate of drug-likeness (QED) is 0.635. The highest BCUT2D eigenvalue weighted by Gasteiger charge is 2.34. The number of carbonyl (C=O) groups is 1. The van der Waals surface area contributed by atoms with Crippen molar-refractivity contribution in [3.63, 3.8) is 0 Å². The van der Waals surface area contributed by atoms with E-state index in [-0.39, 0.29) is 17.4 Å². The number of benzene rings is 2. The third kappa shape index (κ3) is 5.39. The van der Waals surface area contributed by atoms with E-state index in [1.54, 1.807) is 6.92 Å². The van der Waals surface area contributed by atoms with Gasteiger partial charge in [0, 0.05) is 17.8 Å². The highest BCUT2D eigenvalue weighted by Crippen LogP contribution is 2.33. The Morgan fingerprint density at radius 2 is 1.74 bits per heavy atom. The SMILES string of the molecule is Cc1cc(=O)c(C(=O)NC(C)CCc2ccccc2)nn1-c1ccccc1C(F)(F)F. The molecule has 8 heteroatoms. The molecule has 1 unspecified atom stereocenters. The summed E-state index contributed by atoms with van der Waals surface area (Å²) in [4.78, 5) is 25.0. The van der Waals surface area contributed by atoms with Crippen LogP contribution in [-0.4, -0.2) is 21.7 Å². The van der Waals surface area contributed by atoms with Crippen molar-refractivity contribution >= 4 is 5.91 Å². The van der Waals surface area contributed by atoms with E-state index in [1.165, 1.54) is 25.1 Å². The molecule has 1 heterocycles. The van der Waals surface area contributed by atoms with Crippen molar-refractivity contribution in [2.24, 2.45) is 0 Å². The minimum absolute atomic E-state index is 0.190. The number of nitrogens with zero attached hydrogens (tertiary/aromatic N) is 2. The van der Waals surface area contributed by atoms with E-state index in [0.717, 1.165) is 28.8 Å². The zero-order valence-corrected chi connectivity index (χ0v) is 17.1. The Labute approximate surface area is 177 Å². The first-order valence-corrected chi connectivity index (χ1v) is 9.79. The van der Waals surface area contributed by atoms with Crippen molar-refractivity contribution in [2.45, 2.75) is 38.9 Å². The van der Waals surface area contributed by atoms with Crippen molar-refractivity contribution < 1.29 is 18.0 Å². The molecule has 0 radical (unpaired) electrons. The van der Waals surface area contributed by atoms with Crippen molar-refractivity contribution in [1.29, 1.82) is 0 Å². The lowest BCUT2D eigenvalue weighted by molar-refractivity contribution is -0.137. The molecule has 5 nitrogen and oxygen atoms in total. The number of carbonyl (C=O) groups excluding carboxylic acids is 1. The molecule has 0 saturated carbocycles. The minimum Gasteiger partial charge on any atom is -0.348 e. The summed E-state index contributed by atoms with van der Waals surface area (Å²) in [5, 5.41) is 6.69. The fourth-order valence-corrected chi connectivity index (χ4v) is 3.24. The number of para-hydroxylation sites is 1. The maximum absolute atomic E-state index is 13.4. The Hall–Kier alpha value is -3.42. The van der Waals surface area contributed by atoms with Crippen molar-refractivity contribution in [3.8, 4) is 5.69 Å². The van der Waals surface area contributed by atoms with Gasteiger partial charge in [-0.2, -0.15) is 18.3 Å². The highest BCUT2D eigenvalue weighted by atomic mass is 19.4. The van der Waals surface area contributed by atoms with Crippen LogP contribution in [0.1, 0.15) is 40.7 Å². The summed E-state index contributed by atoms with van der Waals surface area (Å²) in [6.45, 7) is 3.26. The lowest BCUT2D eigenvalue weighted by Crippen LogP contribution is -2.37. The van der Waals surface area contributed by atoms with E-state index in [0.29, 0.717) is 6.42 Å². The molecule has 0 bridgehead atoms. The zero-order valence-electron chi connectivity index (χ0n) is 17.1. The molecule has 0 aliphatic carbocycles. The molecular formula is C23H22F3N3O2. The highest BCUT2D eigenvalue weighted by molar-refractivity contribution is 5.92. The first-order chi connectivity index (χ1) is 14.7. The van der Waals surface area contributed by atoms with E-state index in [4.69, 9.17) is 0 Å². The lowest BCUT2D eigenvalue weighted by Gasteiger charge is -2.17. The van der Waals surface area contributed by atoms with Crippen LogP contribution < -0.4 is 10.7 Å². The van der Waals surface area contributed by atoms with Crippen LogP contribution in [0.2, 0.25) is 0 Å². The van der Waals surface area contributed by atoms with E-state index >= 15 is 0 Å². The molecule has 3 aromatic rings. The summed E-state index contributed by atoms with van der Waals surface area (Å²) in [6.07, 6.45) is -3.25. The molecule has 0 spiro atoms. The number of rotatable bonds is 6. The molecule has 0 fully saturated rings. The van der Waals surface area contributed by atoms with Crippen molar-refractivity contribution in [3.05, 3.63) is 93.4 Å². The molecule has 1 atom stereocenters. The normalized spacial score (nSPS) is 12.4. The van der Waals surface area contributed by atoms with Crippen LogP contribution in [0.5, 0.6) is 0 Å². The third-order valence-electron chi connectivity index (χ3n) is 4.85. The van der Waals surface area contributed by atoms with Crippen molar-refractivity contribution in [1.82, 2.24) is 15.1 Å². The predicted molar refractivity (Wildman–Crippen MR) is 111 cm³/mol. The van der Waals surface area contributed by atoms with Gasteiger partial charge in [-0.05, 0) is 44.4 Å². The first-order valence-electron chi connectivity index (χ1n) is 9.79. The Kier molecular flexibility index (Phi) is 6.58. The summed E-state index contributed by atoms with van der Waals surface area (Å²) in [6, 6.07) is 15.5. The molecule has 3 rings (SSSR count). The second-order valence-corrected chi connectivity index (χ2v) is 7.32. The summed E-state index contributed by atoms with van der Waals surface area (Å²) in [5.74, 6) is -0.719. The molecule has 0 saturated heterocycles. The van der Waals surface area contributed by atoms with E-state index in [9.17, 15) is 22.8 Å². The van der Waals surface area contributed by atoms with Crippen LogP contribution in [0.3, 0.4) is 0 Å². The fourth-order valence-electron chi connectivity index (χ4n) is 3.24. The van der Waals surface area contributed by atoms with Gasteiger partial charge in [-0.3, -0.25) is 9.59 Å².